The molecule has 0 saturated heterocycles. The van der Waals surface area contributed by atoms with Gasteiger partial charge in [0.25, 0.3) is 10.0 Å². The second kappa shape index (κ2) is 6.04. The minimum Gasteiger partial charge on any atom is -0.398 e. The molecule has 0 atom stereocenters. The average Bonchev–Trinajstić information content (AvgIpc) is 2.38. The maximum atomic E-state index is 12.4. The Morgan fingerprint density at radius 1 is 1.19 bits per heavy atom. The van der Waals surface area contributed by atoms with Crippen LogP contribution in [-0.4, -0.2) is 8.42 Å². The van der Waals surface area contributed by atoms with E-state index in [9.17, 15) is 8.42 Å². The van der Waals surface area contributed by atoms with Crippen LogP contribution in [-0.2, 0) is 10.0 Å². The Morgan fingerprint density at radius 2 is 1.86 bits per heavy atom. The van der Waals surface area contributed by atoms with Crippen molar-refractivity contribution in [1.82, 2.24) is 0 Å². The molecule has 0 saturated carbocycles. The smallest absolute Gasteiger partial charge is 0.263 e. The summed E-state index contributed by atoms with van der Waals surface area (Å²) in [7, 11) is -3.87. The van der Waals surface area contributed by atoms with Gasteiger partial charge in [-0.1, -0.05) is 23.2 Å². The number of rotatable bonds is 3. The van der Waals surface area contributed by atoms with Crippen LogP contribution in [0.2, 0.25) is 10.0 Å². The molecule has 2 aromatic rings. The van der Waals surface area contributed by atoms with Crippen molar-refractivity contribution in [2.24, 2.45) is 0 Å². The van der Waals surface area contributed by atoms with Crippen LogP contribution >= 0.6 is 39.1 Å². The molecule has 0 aromatic heterocycles. The summed E-state index contributed by atoms with van der Waals surface area (Å²) in [6.45, 7) is 1.83. The number of nitrogen functional groups attached to an aromatic ring is 1. The maximum absolute atomic E-state index is 12.4. The third-order valence-corrected chi connectivity index (χ3v) is 5.52. The summed E-state index contributed by atoms with van der Waals surface area (Å²) in [6, 6.07) is 7.50. The lowest BCUT2D eigenvalue weighted by Crippen LogP contribution is -2.14. The highest BCUT2D eigenvalue weighted by Crippen LogP contribution is 2.32. The molecular formula is C13H11BrCl2N2O2S. The summed E-state index contributed by atoms with van der Waals surface area (Å²) >= 11 is 15.0. The molecule has 2 rings (SSSR count). The minimum atomic E-state index is -3.87. The van der Waals surface area contributed by atoms with E-state index in [-0.39, 0.29) is 14.9 Å². The summed E-state index contributed by atoms with van der Waals surface area (Å²) in [5.74, 6) is 0. The molecular weight excluding hydrogens is 399 g/mol. The van der Waals surface area contributed by atoms with Crippen LogP contribution in [0, 0.1) is 6.92 Å². The van der Waals surface area contributed by atoms with Crippen molar-refractivity contribution < 1.29 is 8.42 Å². The summed E-state index contributed by atoms with van der Waals surface area (Å²) in [4.78, 5) is -0.0947. The zero-order valence-corrected chi connectivity index (χ0v) is 14.7. The van der Waals surface area contributed by atoms with Crippen LogP contribution in [0.4, 0.5) is 11.4 Å². The lowest BCUT2D eigenvalue weighted by molar-refractivity contribution is 0.601. The predicted octanol–water partition coefficient (Wildman–Crippen LogP) is 4.45. The van der Waals surface area contributed by atoms with E-state index in [0.717, 1.165) is 5.56 Å². The summed E-state index contributed by atoms with van der Waals surface area (Å²) in [5, 5.41) is 0.366. The SMILES string of the molecule is Cc1cc(Br)c(NS(=O)(=O)c2cc(Cl)ccc2Cl)cc1N. The Balaban J connectivity index is 2.47. The van der Waals surface area contributed by atoms with Gasteiger partial charge in [-0.2, -0.15) is 0 Å². The third-order valence-electron chi connectivity index (χ3n) is 2.78. The van der Waals surface area contributed by atoms with Gasteiger partial charge in [0.1, 0.15) is 4.90 Å². The first-order valence-electron chi connectivity index (χ1n) is 5.74. The lowest BCUT2D eigenvalue weighted by atomic mass is 10.2. The highest BCUT2D eigenvalue weighted by molar-refractivity contribution is 9.10. The minimum absolute atomic E-state index is 0.0862. The molecule has 21 heavy (non-hydrogen) atoms. The molecule has 2 aromatic carbocycles. The number of hydrogen-bond acceptors (Lipinski definition) is 3. The zero-order valence-electron chi connectivity index (χ0n) is 10.8. The van der Waals surface area contributed by atoms with Gasteiger partial charge >= 0.3 is 0 Å². The number of sulfonamides is 1. The largest absolute Gasteiger partial charge is 0.398 e. The van der Waals surface area contributed by atoms with E-state index >= 15 is 0 Å². The first-order chi connectivity index (χ1) is 9.70. The van der Waals surface area contributed by atoms with E-state index in [1.807, 2.05) is 6.92 Å². The van der Waals surface area contributed by atoms with Crippen molar-refractivity contribution in [1.29, 1.82) is 0 Å². The van der Waals surface area contributed by atoms with Crippen LogP contribution in [0.15, 0.2) is 39.7 Å². The predicted molar refractivity (Wildman–Crippen MR) is 90.6 cm³/mol. The molecule has 112 valence electrons. The molecule has 0 aliphatic rings. The Labute approximate surface area is 141 Å². The summed E-state index contributed by atoms with van der Waals surface area (Å²) in [5.41, 5.74) is 7.44. The van der Waals surface area contributed by atoms with Gasteiger partial charge in [-0.05, 0) is 58.7 Å². The molecule has 0 bridgehead atoms. The Morgan fingerprint density at radius 3 is 2.52 bits per heavy atom. The Kier molecular flexibility index (Phi) is 4.72. The Bertz CT molecular complexity index is 810. The Hall–Kier alpha value is -0.950. The fourth-order valence-electron chi connectivity index (χ4n) is 1.65. The average molecular weight is 410 g/mol. The molecule has 0 aliphatic carbocycles. The molecule has 0 aliphatic heterocycles. The standard InChI is InChI=1S/C13H11BrCl2N2O2S/c1-7-4-9(14)12(6-11(7)17)18-21(19,20)13-5-8(15)2-3-10(13)16/h2-6,18H,17H2,1H3. The van der Waals surface area contributed by atoms with E-state index in [1.54, 1.807) is 6.07 Å². The highest BCUT2D eigenvalue weighted by atomic mass is 79.9. The number of nitrogens with two attached hydrogens (primary N) is 1. The van der Waals surface area contributed by atoms with E-state index in [4.69, 9.17) is 28.9 Å². The summed E-state index contributed by atoms with van der Waals surface area (Å²) in [6.07, 6.45) is 0. The van der Waals surface area contributed by atoms with E-state index in [1.165, 1.54) is 24.3 Å². The number of nitrogens with one attached hydrogen (secondary N) is 1. The van der Waals surface area contributed by atoms with Crippen LogP contribution < -0.4 is 10.5 Å². The summed E-state index contributed by atoms with van der Waals surface area (Å²) < 4.78 is 27.8. The van der Waals surface area contributed by atoms with Gasteiger partial charge in [-0.15, -0.1) is 0 Å². The van der Waals surface area contributed by atoms with Gasteiger partial charge in [0.05, 0.1) is 10.7 Å². The van der Waals surface area contributed by atoms with Gasteiger partial charge in [0.2, 0.25) is 0 Å². The number of benzene rings is 2. The van der Waals surface area contributed by atoms with Crippen molar-refractivity contribution in [2.45, 2.75) is 11.8 Å². The lowest BCUT2D eigenvalue weighted by Gasteiger charge is -2.13. The van der Waals surface area contributed by atoms with Crippen molar-refractivity contribution in [3.05, 3.63) is 50.4 Å². The molecule has 4 nitrogen and oxygen atoms in total. The normalized spacial score (nSPS) is 11.4. The monoisotopic (exact) mass is 408 g/mol. The molecule has 0 unspecified atom stereocenters. The van der Waals surface area contributed by atoms with Crippen molar-refractivity contribution in [2.75, 3.05) is 10.5 Å². The topological polar surface area (TPSA) is 72.2 Å². The highest BCUT2D eigenvalue weighted by Gasteiger charge is 2.20. The molecule has 0 amide bonds. The molecule has 0 fully saturated rings. The fourth-order valence-corrected chi connectivity index (χ4v) is 4.17. The van der Waals surface area contributed by atoms with Crippen LogP contribution in [0.3, 0.4) is 0 Å². The molecule has 0 radical (unpaired) electrons. The van der Waals surface area contributed by atoms with E-state index in [2.05, 4.69) is 20.7 Å². The number of aryl methyl sites for hydroxylation is 1. The zero-order chi connectivity index (χ0) is 15.8. The number of halogens is 3. The second-order valence-corrected chi connectivity index (χ2v) is 7.72. The number of anilines is 2. The van der Waals surface area contributed by atoms with E-state index < -0.39 is 10.0 Å². The maximum Gasteiger partial charge on any atom is 0.263 e. The van der Waals surface area contributed by atoms with Crippen LogP contribution in [0.5, 0.6) is 0 Å². The fraction of sp³-hybridized carbons (Fsp3) is 0.0769. The second-order valence-electron chi connectivity index (χ2n) is 4.37. The van der Waals surface area contributed by atoms with Crippen LogP contribution in [0.1, 0.15) is 5.56 Å². The van der Waals surface area contributed by atoms with Gasteiger partial charge < -0.3 is 5.73 Å². The third kappa shape index (κ3) is 3.63. The van der Waals surface area contributed by atoms with Gasteiger partial charge in [0.15, 0.2) is 0 Å². The molecule has 8 heteroatoms. The first kappa shape index (κ1) is 16.4. The van der Waals surface area contributed by atoms with Gasteiger partial charge in [-0.25, -0.2) is 8.42 Å². The van der Waals surface area contributed by atoms with Gasteiger partial charge in [-0.3, -0.25) is 4.72 Å². The van der Waals surface area contributed by atoms with Gasteiger partial charge in [0, 0.05) is 15.2 Å². The molecule has 0 heterocycles. The van der Waals surface area contributed by atoms with Crippen molar-refractivity contribution in [3.8, 4) is 0 Å². The first-order valence-corrected chi connectivity index (χ1v) is 8.77. The molecule has 0 spiro atoms. The van der Waals surface area contributed by atoms with Crippen molar-refractivity contribution >= 4 is 60.5 Å². The van der Waals surface area contributed by atoms with E-state index in [0.29, 0.717) is 15.8 Å². The molecule has 3 N–H and O–H groups in total. The van der Waals surface area contributed by atoms with Crippen molar-refractivity contribution in [3.63, 3.8) is 0 Å². The van der Waals surface area contributed by atoms with Crippen LogP contribution in [0.25, 0.3) is 0 Å². The number of hydrogen-bond donors (Lipinski definition) is 2. The quantitative estimate of drug-likeness (QED) is 0.735.